The first kappa shape index (κ1) is 20.8. The minimum absolute atomic E-state index is 0.316. The molecule has 3 rings (SSSR count). The van der Waals surface area contributed by atoms with Crippen molar-refractivity contribution in [1.29, 1.82) is 0 Å². The van der Waals surface area contributed by atoms with E-state index in [4.69, 9.17) is 4.74 Å². The Hall–Kier alpha value is -3.93. The molecule has 2 N–H and O–H groups in total. The Balaban J connectivity index is 1.70. The number of amides is 2. The van der Waals surface area contributed by atoms with Crippen molar-refractivity contribution >= 4 is 23.7 Å². The zero-order valence-corrected chi connectivity index (χ0v) is 17.1. The fourth-order valence-electron chi connectivity index (χ4n) is 2.80. The number of anilines is 1. The van der Waals surface area contributed by atoms with Crippen LogP contribution in [-0.2, 0) is 0 Å². The summed E-state index contributed by atoms with van der Waals surface area (Å²) in [6, 6.07) is 19.4. The molecule has 30 heavy (non-hydrogen) atoms. The Bertz CT molecular complexity index is 1090. The standard InChI is InChI=1S/C24H23N3O3/c1-16-8-9-18(14-17(16)2)15-25-27-24(29)21-6-4-5-7-22(21)26-23(28)19-10-12-20(30-3)13-11-19/h4-15H,1-3H3,(H,26,28)(H,27,29). The second kappa shape index (κ2) is 9.52. The average molecular weight is 401 g/mol. The van der Waals surface area contributed by atoms with E-state index in [1.165, 1.54) is 5.56 Å². The number of carbonyl (C=O) groups is 2. The van der Waals surface area contributed by atoms with E-state index in [0.717, 1.165) is 11.1 Å². The maximum absolute atomic E-state index is 12.6. The maximum Gasteiger partial charge on any atom is 0.273 e. The first-order valence-electron chi connectivity index (χ1n) is 9.43. The SMILES string of the molecule is COc1ccc(C(=O)Nc2ccccc2C(=O)NN=Cc2ccc(C)c(C)c2)cc1. The van der Waals surface area contributed by atoms with Gasteiger partial charge < -0.3 is 10.1 Å². The number of para-hydroxylation sites is 1. The number of methoxy groups -OCH3 is 1. The zero-order chi connectivity index (χ0) is 21.5. The smallest absolute Gasteiger partial charge is 0.273 e. The molecule has 0 atom stereocenters. The summed E-state index contributed by atoms with van der Waals surface area (Å²) in [5.41, 5.74) is 6.92. The number of nitrogens with zero attached hydrogens (tertiary/aromatic N) is 1. The zero-order valence-electron chi connectivity index (χ0n) is 17.1. The summed E-state index contributed by atoms with van der Waals surface area (Å²) in [6.07, 6.45) is 1.59. The molecule has 6 heteroatoms. The van der Waals surface area contributed by atoms with Crippen LogP contribution >= 0.6 is 0 Å². The van der Waals surface area contributed by atoms with Crippen LogP contribution in [0.5, 0.6) is 5.75 Å². The third kappa shape index (κ3) is 5.11. The molecule has 3 aromatic carbocycles. The molecule has 3 aromatic rings. The number of rotatable bonds is 6. The molecule has 0 aliphatic rings. The van der Waals surface area contributed by atoms with E-state index in [-0.39, 0.29) is 5.91 Å². The molecular formula is C24H23N3O3. The van der Waals surface area contributed by atoms with E-state index in [1.807, 2.05) is 32.0 Å². The van der Waals surface area contributed by atoms with Crippen molar-refractivity contribution in [3.63, 3.8) is 0 Å². The third-order valence-corrected chi connectivity index (χ3v) is 4.68. The second-order valence-electron chi connectivity index (χ2n) is 6.77. The van der Waals surface area contributed by atoms with Crippen molar-refractivity contribution in [3.05, 3.63) is 94.5 Å². The Morgan fingerprint density at radius 1 is 0.900 bits per heavy atom. The Morgan fingerprint density at radius 3 is 2.33 bits per heavy atom. The van der Waals surface area contributed by atoms with Crippen LogP contribution in [0.3, 0.4) is 0 Å². The molecule has 0 saturated heterocycles. The van der Waals surface area contributed by atoms with Crippen molar-refractivity contribution in [3.8, 4) is 5.75 Å². The molecule has 0 saturated carbocycles. The van der Waals surface area contributed by atoms with E-state index in [9.17, 15) is 9.59 Å². The van der Waals surface area contributed by atoms with E-state index in [1.54, 1.807) is 61.9 Å². The van der Waals surface area contributed by atoms with Crippen LogP contribution in [0.25, 0.3) is 0 Å². The molecule has 0 aliphatic carbocycles. The lowest BCUT2D eigenvalue weighted by Crippen LogP contribution is -2.21. The van der Waals surface area contributed by atoms with Crippen LogP contribution in [0.1, 0.15) is 37.4 Å². The molecule has 0 fully saturated rings. The Labute approximate surface area is 175 Å². The fourth-order valence-corrected chi connectivity index (χ4v) is 2.80. The number of aryl methyl sites for hydroxylation is 2. The van der Waals surface area contributed by atoms with Crippen molar-refractivity contribution in [2.24, 2.45) is 5.10 Å². The molecule has 0 heterocycles. The van der Waals surface area contributed by atoms with E-state index >= 15 is 0 Å². The topological polar surface area (TPSA) is 79.8 Å². The lowest BCUT2D eigenvalue weighted by Gasteiger charge is -2.10. The molecule has 0 spiro atoms. The van der Waals surface area contributed by atoms with Crippen molar-refractivity contribution in [1.82, 2.24) is 5.43 Å². The molecule has 0 aliphatic heterocycles. The van der Waals surface area contributed by atoms with Crippen LogP contribution in [0, 0.1) is 13.8 Å². The van der Waals surface area contributed by atoms with Gasteiger partial charge in [-0.2, -0.15) is 5.10 Å². The van der Waals surface area contributed by atoms with E-state index in [0.29, 0.717) is 22.6 Å². The average Bonchev–Trinajstić information content (AvgIpc) is 2.76. The summed E-state index contributed by atoms with van der Waals surface area (Å²) in [5.74, 6) is -0.0785. The van der Waals surface area contributed by atoms with Crippen molar-refractivity contribution in [2.75, 3.05) is 12.4 Å². The molecule has 152 valence electrons. The van der Waals surface area contributed by atoms with Gasteiger partial charge in [-0.1, -0.05) is 30.3 Å². The summed E-state index contributed by atoms with van der Waals surface area (Å²) in [5, 5.41) is 6.81. The quantitative estimate of drug-likeness (QED) is 0.477. The van der Waals surface area contributed by atoms with Gasteiger partial charge in [0.05, 0.1) is 24.6 Å². The number of hydrogen-bond acceptors (Lipinski definition) is 4. The lowest BCUT2D eigenvalue weighted by atomic mass is 10.1. The van der Waals surface area contributed by atoms with Crippen molar-refractivity contribution in [2.45, 2.75) is 13.8 Å². The first-order chi connectivity index (χ1) is 14.5. The van der Waals surface area contributed by atoms with Gasteiger partial charge in [-0.05, 0) is 66.9 Å². The predicted molar refractivity (Wildman–Crippen MR) is 118 cm³/mol. The third-order valence-electron chi connectivity index (χ3n) is 4.68. The second-order valence-corrected chi connectivity index (χ2v) is 6.77. The maximum atomic E-state index is 12.6. The van der Waals surface area contributed by atoms with E-state index in [2.05, 4.69) is 15.8 Å². The number of hydrazone groups is 1. The molecule has 6 nitrogen and oxygen atoms in total. The largest absolute Gasteiger partial charge is 0.497 e. The van der Waals surface area contributed by atoms with Gasteiger partial charge in [0.1, 0.15) is 5.75 Å². The number of carbonyl (C=O) groups excluding carboxylic acids is 2. The molecule has 0 aromatic heterocycles. The highest BCUT2D eigenvalue weighted by molar-refractivity contribution is 6.09. The summed E-state index contributed by atoms with van der Waals surface area (Å²) in [7, 11) is 1.56. The van der Waals surface area contributed by atoms with Gasteiger partial charge in [0, 0.05) is 5.56 Å². The van der Waals surface area contributed by atoms with Crippen LogP contribution in [0.4, 0.5) is 5.69 Å². The summed E-state index contributed by atoms with van der Waals surface area (Å²) in [4.78, 5) is 25.1. The van der Waals surface area contributed by atoms with Crippen LogP contribution in [0.15, 0.2) is 71.8 Å². The van der Waals surface area contributed by atoms with Gasteiger partial charge in [-0.25, -0.2) is 5.43 Å². The fraction of sp³-hybridized carbons (Fsp3) is 0.125. The highest BCUT2D eigenvalue weighted by atomic mass is 16.5. The van der Waals surface area contributed by atoms with Gasteiger partial charge in [0.25, 0.3) is 11.8 Å². The van der Waals surface area contributed by atoms with Gasteiger partial charge in [-0.3, -0.25) is 9.59 Å². The summed E-state index contributed by atoms with van der Waals surface area (Å²) in [6.45, 7) is 4.06. The van der Waals surface area contributed by atoms with Gasteiger partial charge in [0.15, 0.2) is 0 Å². The molecule has 2 amide bonds. The van der Waals surface area contributed by atoms with Gasteiger partial charge in [-0.15, -0.1) is 0 Å². The number of hydrogen-bond donors (Lipinski definition) is 2. The number of benzene rings is 3. The van der Waals surface area contributed by atoms with Crippen LogP contribution in [-0.4, -0.2) is 25.1 Å². The monoisotopic (exact) mass is 401 g/mol. The lowest BCUT2D eigenvalue weighted by molar-refractivity contribution is 0.0956. The molecule has 0 bridgehead atoms. The summed E-state index contributed by atoms with van der Waals surface area (Å²) >= 11 is 0. The van der Waals surface area contributed by atoms with Crippen LogP contribution < -0.4 is 15.5 Å². The van der Waals surface area contributed by atoms with Crippen molar-refractivity contribution < 1.29 is 14.3 Å². The van der Waals surface area contributed by atoms with E-state index < -0.39 is 5.91 Å². The minimum atomic E-state index is -0.416. The minimum Gasteiger partial charge on any atom is -0.497 e. The first-order valence-corrected chi connectivity index (χ1v) is 9.43. The van der Waals surface area contributed by atoms with Crippen LogP contribution in [0.2, 0.25) is 0 Å². The molecular weight excluding hydrogens is 378 g/mol. The summed E-state index contributed by atoms with van der Waals surface area (Å²) < 4.78 is 5.10. The number of nitrogens with one attached hydrogen (secondary N) is 2. The molecule has 0 unspecified atom stereocenters. The highest BCUT2D eigenvalue weighted by Gasteiger charge is 2.13. The highest BCUT2D eigenvalue weighted by Crippen LogP contribution is 2.18. The molecule has 0 radical (unpaired) electrons. The normalized spacial score (nSPS) is 10.6. The Morgan fingerprint density at radius 2 is 1.63 bits per heavy atom. The van der Waals surface area contributed by atoms with Gasteiger partial charge in [0.2, 0.25) is 0 Å². The Kier molecular flexibility index (Phi) is 6.60. The number of ether oxygens (including phenoxy) is 1. The van der Waals surface area contributed by atoms with Gasteiger partial charge >= 0.3 is 0 Å². The predicted octanol–water partition coefficient (Wildman–Crippen LogP) is 4.33.